The van der Waals surface area contributed by atoms with Crippen LogP contribution in [0.1, 0.15) is 27.2 Å². The maximum absolute atomic E-state index is 13.1. The molecule has 3 aromatic rings. The number of carbonyl (C=O) groups is 4. The lowest BCUT2D eigenvalue weighted by molar-refractivity contribution is -0.122. The van der Waals surface area contributed by atoms with E-state index in [-0.39, 0.29) is 11.3 Å². The molecule has 0 bridgehead atoms. The Balaban J connectivity index is 1.66. The molecular weight excluding hydrogens is 504 g/mol. The summed E-state index contributed by atoms with van der Waals surface area (Å²) in [4.78, 5) is 50.6. The molecule has 4 amide bonds. The zero-order chi connectivity index (χ0) is 24.6. The maximum atomic E-state index is 13.1. The first kappa shape index (κ1) is 23.2. The van der Waals surface area contributed by atoms with Crippen LogP contribution in [0.3, 0.4) is 0 Å². The molecule has 1 N–H and O–H groups in total. The van der Waals surface area contributed by atoms with Crippen LogP contribution in [0.5, 0.6) is 0 Å². The molecule has 1 aliphatic heterocycles. The van der Waals surface area contributed by atoms with Crippen molar-refractivity contribution in [2.24, 2.45) is 0 Å². The zero-order valence-corrected chi connectivity index (χ0v) is 20.1. The van der Waals surface area contributed by atoms with Gasteiger partial charge in [0.05, 0.1) is 18.4 Å². The number of nitrogens with zero attached hydrogens (tertiary/aromatic N) is 1. The van der Waals surface area contributed by atoms with Gasteiger partial charge in [0.1, 0.15) is 17.1 Å². The highest BCUT2D eigenvalue weighted by molar-refractivity contribution is 9.10. The van der Waals surface area contributed by atoms with Crippen LogP contribution < -0.4 is 10.2 Å². The van der Waals surface area contributed by atoms with Gasteiger partial charge in [-0.3, -0.25) is 14.9 Å². The second kappa shape index (κ2) is 9.11. The molecule has 9 heteroatoms. The number of carbonyl (C=O) groups excluding carboxylic acids is 4. The third kappa shape index (κ3) is 4.29. The molecule has 1 saturated heterocycles. The molecule has 1 aliphatic rings. The molecule has 172 valence electrons. The van der Waals surface area contributed by atoms with Crippen molar-refractivity contribution >= 4 is 51.5 Å². The standard InChI is InChI=1S/C25H19BrN2O6/c1-13-10-15(24(31)33-3)4-7-18(13)21-9-6-17(34-21)12-19-22(29)27-25(32)28(23(19)30)16-5-8-20(26)14(2)11-16/h4-12H,1-3H3,(H,27,29,32)/b19-12+. The number of urea groups is 1. The van der Waals surface area contributed by atoms with Crippen LogP contribution in [0.2, 0.25) is 0 Å². The fourth-order valence-corrected chi connectivity index (χ4v) is 3.81. The van der Waals surface area contributed by atoms with E-state index in [4.69, 9.17) is 9.15 Å². The van der Waals surface area contributed by atoms with E-state index in [2.05, 4.69) is 21.2 Å². The van der Waals surface area contributed by atoms with Crippen molar-refractivity contribution in [2.75, 3.05) is 12.0 Å². The van der Waals surface area contributed by atoms with Gasteiger partial charge in [-0.05, 0) is 73.5 Å². The molecule has 0 unspecified atom stereocenters. The monoisotopic (exact) mass is 522 g/mol. The van der Waals surface area contributed by atoms with Crippen molar-refractivity contribution in [3.8, 4) is 11.3 Å². The van der Waals surface area contributed by atoms with Crippen molar-refractivity contribution in [1.29, 1.82) is 0 Å². The molecular formula is C25H19BrN2O6. The Bertz CT molecular complexity index is 1390. The number of hydrogen-bond donors (Lipinski definition) is 1. The predicted molar refractivity (Wildman–Crippen MR) is 128 cm³/mol. The largest absolute Gasteiger partial charge is 0.465 e. The number of rotatable bonds is 4. The molecule has 1 aromatic heterocycles. The van der Waals surface area contributed by atoms with Crippen LogP contribution in [-0.4, -0.2) is 30.9 Å². The first-order chi connectivity index (χ1) is 16.2. The van der Waals surface area contributed by atoms with Gasteiger partial charge in [-0.25, -0.2) is 14.5 Å². The number of anilines is 1. The number of ether oxygens (including phenoxy) is 1. The van der Waals surface area contributed by atoms with E-state index in [9.17, 15) is 19.2 Å². The Morgan fingerprint density at radius 2 is 1.79 bits per heavy atom. The molecule has 2 heterocycles. The number of nitrogens with one attached hydrogen (secondary N) is 1. The van der Waals surface area contributed by atoms with Crippen LogP contribution in [0, 0.1) is 13.8 Å². The number of halogens is 1. The molecule has 0 spiro atoms. The number of benzene rings is 2. The topological polar surface area (TPSA) is 106 Å². The lowest BCUT2D eigenvalue weighted by atomic mass is 10.0. The average Bonchev–Trinajstić information content (AvgIpc) is 3.26. The van der Waals surface area contributed by atoms with Gasteiger partial charge in [0.15, 0.2) is 0 Å². The summed E-state index contributed by atoms with van der Waals surface area (Å²) in [7, 11) is 1.31. The third-order valence-electron chi connectivity index (χ3n) is 5.33. The summed E-state index contributed by atoms with van der Waals surface area (Å²) in [5, 5.41) is 2.19. The smallest absolute Gasteiger partial charge is 0.337 e. The molecule has 34 heavy (non-hydrogen) atoms. The minimum atomic E-state index is -0.824. The van der Waals surface area contributed by atoms with E-state index in [0.29, 0.717) is 17.0 Å². The van der Waals surface area contributed by atoms with Gasteiger partial charge in [0.25, 0.3) is 11.8 Å². The highest BCUT2D eigenvalue weighted by Gasteiger charge is 2.37. The summed E-state index contributed by atoms with van der Waals surface area (Å²) < 4.78 is 11.4. The average molecular weight is 523 g/mol. The Labute approximate surface area is 203 Å². The molecule has 1 fully saturated rings. The van der Waals surface area contributed by atoms with Crippen molar-refractivity contribution in [1.82, 2.24) is 5.32 Å². The second-order valence-electron chi connectivity index (χ2n) is 7.61. The summed E-state index contributed by atoms with van der Waals surface area (Å²) in [6, 6.07) is 12.5. The summed E-state index contributed by atoms with van der Waals surface area (Å²) in [6.45, 7) is 3.65. The summed E-state index contributed by atoms with van der Waals surface area (Å²) in [6.07, 6.45) is 1.30. The van der Waals surface area contributed by atoms with Crippen LogP contribution >= 0.6 is 15.9 Å². The minimum Gasteiger partial charge on any atom is -0.465 e. The number of esters is 1. The van der Waals surface area contributed by atoms with Crippen molar-refractivity contribution in [2.45, 2.75) is 13.8 Å². The summed E-state index contributed by atoms with van der Waals surface area (Å²) in [5.74, 6) is -1.27. The fraction of sp³-hybridized carbons (Fsp3) is 0.120. The molecule has 0 saturated carbocycles. The Hall–Kier alpha value is -3.98. The van der Waals surface area contributed by atoms with E-state index in [1.165, 1.54) is 13.2 Å². The lowest BCUT2D eigenvalue weighted by Crippen LogP contribution is -2.54. The quantitative estimate of drug-likeness (QED) is 0.300. The Kier molecular flexibility index (Phi) is 6.21. The molecule has 0 atom stereocenters. The Morgan fingerprint density at radius 3 is 2.47 bits per heavy atom. The van der Waals surface area contributed by atoms with Gasteiger partial charge < -0.3 is 9.15 Å². The highest BCUT2D eigenvalue weighted by Crippen LogP contribution is 2.29. The number of barbiturate groups is 1. The second-order valence-corrected chi connectivity index (χ2v) is 8.47. The van der Waals surface area contributed by atoms with Crippen molar-refractivity contribution in [3.63, 3.8) is 0 Å². The summed E-state index contributed by atoms with van der Waals surface area (Å²) in [5.41, 5.74) is 2.85. The first-order valence-electron chi connectivity index (χ1n) is 10.2. The van der Waals surface area contributed by atoms with E-state index >= 15 is 0 Å². The lowest BCUT2D eigenvalue weighted by Gasteiger charge is -2.26. The van der Waals surface area contributed by atoms with E-state index in [0.717, 1.165) is 26.1 Å². The van der Waals surface area contributed by atoms with Crippen LogP contribution in [0.4, 0.5) is 10.5 Å². The van der Waals surface area contributed by atoms with Crippen LogP contribution in [-0.2, 0) is 14.3 Å². The number of aryl methyl sites for hydroxylation is 2. The Morgan fingerprint density at radius 1 is 1.03 bits per heavy atom. The highest BCUT2D eigenvalue weighted by atomic mass is 79.9. The molecule has 8 nitrogen and oxygen atoms in total. The first-order valence-corrected chi connectivity index (χ1v) is 11.0. The molecule has 0 radical (unpaired) electrons. The SMILES string of the molecule is COC(=O)c1ccc(-c2ccc(/C=C3\C(=O)NC(=O)N(c4ccc(Br)c(C)c4)C3=O)o2)c(C)c1. The van der Waals surface area contributed by atoms with Crippen LogP contribution in [0.15, 0.2) is 63.0 Å². The molecule has 0 aliphatic carbocycles. The van der Waals surface area contributed by atoms with Gasteiger partial charge >= 0.3 is 12.0 Å². The number of methoxy groups -OCH3 is 1. The van der Waals surface area contributed by atoms with Gasteiger partial charge in [0, 0.05) is 10.0 Å². The fourth-order valence-electron chi connectivity index (χ4n) is 3.56. The van der Waals surface area contributed by atoms with Gasteiger partial charge in [-0.15, -0.1) is 0 Å². The van der Waals surface area contributed by atoms with Crippen LogP contribution in [0.25, 0.3) is 17.4 Å². The van der Waals surface area contributed by atoms with Gasteiger partial charge in [0.2, 0.25) is 0 Å². The van der Waals surface area contributed by atoms with E-state index in [1.54, 1.807) is 48.5 Å². The van der Waals surface area contributed by atoms with Crippen molar-refractivity contribution in [3.05, 3.63) is 81.0 Å². The number of imide groups is 2. The normalized spacial score (nSPS) is 15.0. The maximum Gasteiger partial charge on any atom is 0.337 e. The minimum absolute atomic E-state index is 0.237. The molecule has 4 rings (SSSR count). The summed E-state index contributed by atoms with van der Waals surface area (Å²) >= 11 is 3.39. The third-order valence-corrected chi connectivity index (χ3v) is 6.22. The predicted octanol–water partition coefficient (Wildman–Crippen LogP) is 4.78. The van der Waals surface area contributed by atoms with E-state index < -0.39 is 23.8 Å². The van der Waals surface area contributed by atoms with Crippen molar-refractivity contribution < 1.29 is 28.3 Å². The molecule has 2 aromatic carbocycles. The van der Waals surface area contributed by atoms with Gasteiger partial charge in [-0.2, -0.15) is 0 Å². The number of hydrogen-bond acceptors (Lipinski definition) is 6. The number of furan rings is 1. The zero-order valence-electron chi connectivity index (χ0n) is 18.5. The van der Waals surface area contributed by atoms with E-state index in [1.807, 2.05) is 13.8 Å². The van der Waals surface area contributed by atoms with Gasteiger partial charge in [-0.1, -0.05) is 22.0 Å². The number of amides is 4.